The Morgan fingerprint density at radius 1 is 1.06 bits per heavy atom. The Balaban J connectivity index is 1.26. The van der Waals surface area contributed by atoms with Crippen molar-refractivity contribution in [1.82, 2.24) is 9.62 Å². The Bertz CT molecular complexity index is 1640. The third-order valence-corrected chi connectivity index (χ3v) is 15.2. The first-order valence-electron chi connectivity index (χ1n) is 19.1. The van der Waals surface area contributed by atoms with Crippen molar-refractivity contribution in [2.75, 3.05) is 70.7 Å². The van der Waals surface area contributed by atoms with Crippen LogP contribution in [0.4, 0.5) is 5.69 Å². The number of ether oxygens (including phenoxy) is 3. The standard InChI is InChI=1S/C39H56ClN3O7S/c1-27-5-3-14-39(25-44,50-20-17-42-15-18-48-19-16-42)34-10-7-31(34)23-43-24-38(13-4-6-29-21-32(40)9-11-33(29)38)26-49-36-12-8-30(22-35(36)43)37(45)41-51(46,47)28(27)2/h8-9,11-12,21-22,27-28,31,34,37,41,44-45H,3-7,10,13-20,23-26H2,1-2H3/t27-,28+,31-,34+,37?,38-,39+/m0/s1. The fraction of sp³-hybridized carbons (Fsp3) is 0.692. The third-order valence-electron chi connectivity index (χ3n) is 12.9. The molecule has 5 aliphatic rings. The van der Waals surface area contributed by atoms with E-state index in [1.165, 1.54) is 11.1 Å². The predicted octanol–water partition coefficient (Wildman–Crippen LogP) is 5.04. The van der Waals surface area contributed by atoms with Gasteiger partial charge in [-0.1, -0.05) is 37.1 Å². The van der Waals surface area contributed by atoms with E-state index >= 15 is 0 Å². The first-order valence-corrected chi connectivity index (χ1v) is 21.0. The summed E-state index contributed by atoms with van der Waals surface area (Å²) in [5.74, 6) is 0.979. The largest absolute Gasteiger partial charge is 0.490 e. The smallest absolute Gasteiger partial charge is 0.216 e. The molecule has 7 rings (SSSR count). The number of aliphatic hydroxyl groups is 2. The number of sulfonamides is 1. The topological polar surface area (TPSA) is 121 Å². The summed E-state index contributed by atoms with van der Waals surface area (Å²) in [6.07, 6.45) is 5.63. The first-order chi connectivity index (χ1) is 24.5. The van der Waals surface area contributed by atoms with E-state index in [0.717, 1.165) is 94.4 Å². The summed E-state index contributed by atoms with van der Waals surface area (Å²) in [5, 5.41) is 22.6. The van der Waals surface area contributed by atoms with Crippen molar-refractivity contribution in [3.05, 3.63) is 58.1 Å². The van der Waals surface area contributed by atoms with Crippen LogP contribution in [0.15, 0.2) is 36.4 Å². The van der Waals surface area contributed by atoms with E-state index in [9.17, 15) is 18.6 Å². The normalized spacial score (nSPS) is 34.5. The summed E-state index contributed by atoms with van der Waals surface area (Å²) >= 11 is 6.48. The molecule has 3 aliphatic heterocycles. The number of hydrogen-bond acceptors (Lipinski definition) is 9. The Morgan fingerprint density at radius 3 is 2.65 bits per heavy atom. The molecule has 282 valence electrons. The number of halogens is 1. The number of fused-ring (bicyclic) bond motifs is 4. The van der Waals surface area contributed by atoms with E-state index in [1.807, 2.05) is 25.1 Å². The van der Waals surface area contributed by atoms with E-state index in [1.54, 1.807) is 13.0 Å². The van der Waals surface area contributed by atoms with Crippen molar-refractivity contribution in [2.45, 2.75) is 87.7 Å². The van der Waals surface area contributed by atoms with Gasteiger partial charge in [0.2, 0.25) is 10.0 Å². The molecule has 51 heavy (non-hydrogen) atoms. The lowest BCUT2D eigenvalue weighted by atomic mass is 9.63. The SMILES string of the molecule is C[C@@H]1[C@@H](C)CCC[C@](CO)(OCCN2CCOCC2)[C@@H]2CC[C@H]2CN2C[C@@]3(CCCc4cc(Cl)ccc43)COc3ccc(cc32)C(O)NS1(=O)=O. The van der Waals surface area contributed by atoms with Crippen LogP contribution in [0.2, 0.25) is 5.02 Å². The van der Waals surface area contributed by atoms with Crippen molar-refractivity contribution >= 4 is 27.3 Å². The molecule has 1 spiro atoms. The molecule has 3 heterocycles. The van der Waals surface area contributed by atoms with Crippen LogP contribution in [0.1, 0.15) is 81.7 Å². The van der Waals surface area contributed by atoms with Crippen LogP contribution in [-0.2, 0) is 31.3 Å². The number of nitrogens with one attached hydrogen (secondary N) is 1. The van der Waals surface area contributed by atoms with E-state index in [0.29, 0.717) is 38.2 Å². The van der Waals surface area contributed by atoms with Gasteiger partial charge in [0.1, 0.15) is 12.0 Å². The van der Waals surface area contributed by atoms with Gasteiger partial charge >= 0.3 is 0 Å². The van der Waals surface area contributed by atoms with Gasteiger partial charge in [0.05, 0.1) is 49.6 Å². The molecule has 7 atom stereocenters. The van der Waals surface area contributed by atoms with Gasteiger partial charge in [0.25, 0.3) is 0 Å². The van der Waals surface area contributed by atoms with E-state index < -0.39 is 27.1 Å². The van der Waals surface area contributed by atoms with Crippen molar-refractivity contribution < 1.29 is 32.8 Å². The number of anilines is 1. The van der Waals surface area contributed by atoms with Gasteiger partial charge in [0, 0.05) is 43.2 Å². The highest BCUT2D eigenvalue weighted by atomic mass is 35.5. The number of benzene rings is 2. The van der Waals surface area contributed by atoms with Gasteiger partial charge < -0.3 is 29.3 Å². The van der Waals surface area contributed by atoms with Crippen LogP contribution in [0.3, 0.4) is 0 Å². The summed E-state index contributed by atoms with van der Waals surface area (Å²) < 4.78 is 48.9. The second kappa shape index (κ2) is 15.4. The van der Waals surface area contributed by atoms with Crippen LogP contribution in [-0.4, -0.2) is 100 Å². The number of rotatable bonds is 5. The average Bonchev–Trinajstić information content (AvgIpc) is 3.26. The zero-order valence-corrected chi connectivity index (χ0v) is 31.8. The molecule has 10 nitrogen and oxygen atoms in total. The summed E-state index contributed by atoms with van der Waals surface area (Å²) in [7, 11) is -3.86. The van der Waals surface area contributed by atoms with Gasteiger partial charge in [-0.25, -0.2) is 8.42 Å². The first kappa shape index (κ1) is 37.4. The Morgan fingerprint density at radius 2 is 1.88 bits per heavy atom. The average molecular weight is 746 g/mol. The molecule has 1 saturated carbocycles. The van der Waals surface area contributed by atoms with Crippen molar-refractivity contribution in [1.29, 1.82) is 0 Å². The molecular formula is C39H56ClN3O7S. The van der Waals surface area contributed by atoms with Crippen molar-refractivity contribution in [2.24, 2.45) is 17.8 Å². The van der Waals surface area contributed by atoms with Gasteiger partial charge in [-0.05, 0) is 111 Å². The number of aliphatic hydroxyl groups excluding tert-OH is 2. The molecule has 1 unspecified atom stereocenters. The molecule has 2 bridgehead atoms. The highest BCUT2D eigenvalue weighted by molar-refractivity contribution is 7.90. The second-order valence-corrected chi connectivity index (χ2v) is 18.4. The van der Waals surface area contributed by atoms with Gasteiger partial charge in [-0.3, -0.25) is 4.90 Å². The van der Waals surface area contributed by atoms with E-state index in [-0.39, 0.29) is 29.8 Å². The number of aryl methyl sites for hydroxylation is 1. The minimum Gasteiger partial charge on any atom is -0.490 e. The number of hydrogen-bond donors (Lipinski definition) is 3. The summed E-state index contributed by atoms with van der Waals surface area (Å²) in [6, 6.07) is 11.8. The van der Waals surface area contributed by atoms with Gasteiger partial charge in [0.15, 0.2) is 0 Å². The van der Waals surface area contributed by atoms with Crippen LogP contribution < -0.4 is 14.4 Å². The molecule has 2 aromatic carbocycles. The van der Waals surface area contributed by atoms with E-state index in [4.69, 9.17) is 25.8 Å². The maximum Gasteiger partial charge on any atom is 0.216 e. The zero-order chi connectivity index (χ0) is 35.8. The summed E-state index contributed by atoms with van der Waals surface area (Å²) in [4.78, 5) is 4.78. The molecule has 0 aromatic heterocycles. The molecule has 2 fully saturated rings. The molecule has 0 amide bonds. The lowest BCUT2D eigenvalue weighted by Gasteiger charge is -2.51. The summed E-state index contributed by atoms with van der Waals surface area (Å²) in [5.41, 5.74) is 2.88. The van der Waals surface area contributed by atoms with Crippen molar-refractivity contribution in [3.63, 3.8) is 0 Å². The minimum absolute atomic E-state index is 0.0742. The Labute approximate surface area is 308 Å². The van der Waals surface area contributed by atoms with Crippen LogP contribution in [0.5, 0.6) is 5.75 Å². The molecule has 3 N–H and O–H groups in total. The van der Waals surface area contributed by atoms with Crippen molar-refractivity contribution in [3.8, 4) is 5.75 Å². The Hall–Kier alpha value is -1.96. The lowest BCUT2D eigenvalue weighted by Crippen LogP contribution is -2.56. The number of nitrogens with zero attached hydrogens (tertiary/aromatic N) is 2. The summed E-state index contributed by atoms with van der Waals surface area (Å²) in [6.45, 7) is 10.1. The molecule has 2 aliphatic carbocycles. The highest BCUT2D eigenvalue weighted by Gasteiger charge is 2.50. The lowest BCUT2D eigenvalue weighted by molar-refractivity contribution is -0.163. The maximum atomic E-state index is 13.6. The fourth-order valence-corrected chi connectivity index (χ4v) is 11.1. The predicted molar refractivity (Wildman–Crippen MR) is 199 cm³/mol. The molecule has 12 heteroatoms. The molecule has 1 saturated heterocycles. The third kappa shape index (κ3) is 7.69. The molecular weight excluding hydrogens is 690 g/mol. The number of morpholine rings is 1. The fourth-order valence-electron chi connectivity index (χ4n) is 9.47. The zero-order valence-electron chi connectivity index (χ0n) is 30.2. The Kier molecular flexibility index (Phi) is 11.3. The maximum absolute atomic E-state index is 13.6. The molecule has 2 aromatic rings. The van der Waals surface area contributed by atoms with Gasteiger partial charge in [-0.2, -0.15) is 4.72 Å². The molecule has 0 radical (unpaired) electrons. The minimum atomic E-state index is -3.86. The highest BCUT2D eigenvalue weighted by Crippen LogP contribution is 2.50. The van der Waals surface area contributed by atoms with Crippen LogP contribution >= 0.6 is 11.6 Å². The van der Waals surface area contributed by atoms with E-state index in [2.05, 4.69) is 26.7 Å². The van der Waals surface area contributed by atoms with Gasteiger partial charge in [-0.15, -0.1) is 0 Å². The van der Waals surface area contributed by atoms with Crippen LogP contribution in [0, 0.1) is 17.8 Å². The monoisotopic (exact) mass is 745 g/mol. The second-order valence-electron chi connectivity index (χ2n) is 15.9. The van der Waals surface area contributed by atoms with Crippen LogP contribution in [0.25, 0.3) is 0 Å². The quantitative estimate of drug-likeness (QED) is 0.387.